The van der Waals surface area contributed by atoms with Gasteiger partial charge in [0.25, 0.3) is 5.91 Å². The molecule has 1 aromatic rings. The average Bonchev–Trinajstić information content (AvgIpc) is 2.43. The van der Waals surface area contributed by atoms with Crippen LogP contribution < -0.4 is 20.7 Å². The van der Waals surface area contributed by atoms with Crippen LogP contribution in [0.1, 0.15) is 12.5 Å². The molecule has 1 atom stereocenters. The van der Waals surface area contributed by atoms with E-state index in [1.54, 1.807) is 14.0 Å². The number of amides is 2. The molecule has 19 heavy (non-hydrogen) atoms. The molecule has 0 saturated heterocycles. The zero-order chi connectivity index (χ0) is 13.8. The summed E-state index contributed by atoms with van der Waals surface area (Å²) in [6, 6.07) is 5.29. The summed E-state index contributed by atoms with van der Waals surface area (Å²) in [6.07, 6.45) is 0. The molecule has 6 heteroatoms. The maximum Gasteiger partial charge on any atom is 0.262 e. The SMILES string of the molecule is CNC(=O)C(C)NCc1ccc2c(c1)NC(=O)CO2. The number of nitrogens with one attached hydrogen (secondary N) is 3. The van der Waals surface area contributed by atoms with Gasteiger partial charge >= 0.3 is 0 Å². The Balaban J connectivity index is 2.00. The van der Waals surface area contributed by atoms with Crippen molar-refractivity contribution in [3.05, 3.63) is 23.8 Å². The Kier molecular flexibility index (Phi) is 4.01. The van der Waals surface area contributed by atoms with Gasteiger partial charge in [-0.3, -0.25) is 9.59 Å². The second-order valence-electron chi connectivity index (χ2n) is 4.38. The lowest BCUT2D eigenvalue weighted by molar-refractivity contribution is -0.122. The second-order valence-corrected chi connectivity index (χ2v) is 4.38. The summed E-state index contributed by atoms with van der Waals surface area (Å²) in [7, 11) is 1.60. The van der Waals surface area contributed by atoms with E-state index < -0.39 is 0 Å². The van der Waals surface area contributed by atoms with Gasteiger partial charge in [0.1, 0.15) is 5.75 Å². The third-order valence-electron chi connectivity index (χ3n) is 2.93. The Morgan fingerprint density at radius 1 is 1.53 bits per heavy atom. The lowest BCUT2D eigenvalue weighted by atomic mass is 10.1. The number of hydrogen-bond donors (Lipinski definition) is 3. The van der Waals surface area contributed by atoms with Crippen LogP contribution in [0.25, 0.3) is 0 Å². The van der Waals surface area contributed by atoms with Gasteiger partial charge in [-0.15, -0.1) is 0 Å². The molecule has 0 saturated carbocycles. The van der Waals surface area contributed by atoms with Gasteiger partial charge in [0.2, 0.25) is 5.91 Å². The molecule has 0 aromatic heterocycles. The first-order valence-corrected chi connectivity index (χ1v) is 6.10. The minimum atomic E-state index is -0.271. The van der Waals surface area contributed by atoms with Crippen molar-refractivity contribution >= 4 is 17.5 Å². The standard InChI is InChI=1S/C13H17N3O3/c1-8(13(18)14-2)15-6-9-3-4-11-10(5-9)16-12(17)7-19-11/h3-5,8,15H,6-7H2,1-2H3,(H,14,18)(H,16,17). The molecule has 102 valence electrons. The number of fused-ring (bicyclic) bond motifs is 1. The van der Waals surface area contributed by atoms with Crippen LogP contribution in [-0.2, 0) is 16.1 Å². The highest BCUT2D eigenvalue weighted by atomic mass is 16.5. The fraction of sp³-hybridized carbons (Fsp3) is 0.385. The minimum absolute atomic E-state index is 0.0539. The molecule has 0 spiro atoms. The van der Waals surface area contributed by atoms with Gasteiger partial charge in [0.15, 0.2) is 6.61 Å². The molecule has 1 aromatic carbocycles. The van der Waals surface area contributed by atoms with Gasteiger partial charge < -0.3 is 20.7 Å². The zero-order valence-corrected chi connectivity index (χ0v) is 10.9. The third kappa shape index (κ3) is 3.23. The number of carbonyl (C=O) groups excluding carboxylic acids is 2. The molecule has 0 fully saturated rings. The van der Waals surface area contributed by atoms with Crippen molar-refractivity contribution in [1.29, 1.82) is 0 Å². The van der Waals surface area contributed by atoms with Crippen LogP contribution in [0.15, 0.2) is 18.2 Å². The zero-order valence-electron chi connectivity index (χ0n) is 10.9. The van der Waals surface area contributed by atoms with Crippen molar-refractivity contribution < 1.29 is 14.3 Å². The predicted molar refractivity (Wildman–Crippen MR) is 70.9 cm³/mol. The van der Waals surface area contributed by atoms with E-state index in [0.717, 1.165) is 5.56 Å². The van der Waals surface area contributed by atoms with Crippen molar-refractivity contribution in [2.45, 2.75) is 19.5 Å². The van der Waals surface area contributed by atoms with Crippen molar-refractivity contribution in [1.82, 2.24) is 10.6 Å². The third-order valence-corrected chi connectivity index (χ3v) is 2.93. The van der Waals surface area contributed by atoms with Crippen LogP contribution in [0, 0.1) is 0 Å². The Labute approximate surface area is 111 Å². The molecule has 1 aliphatic heterocycles. The smallest absolute Gasteiger partial charge is 0.262 e. The van der Waals surface area contributed by atoms with Crippen LogP contribution in [0.4, 0.5) is 5.69 Å². The summed E-state index contributed by atoms with van der Waals surface area (Å²) < 4.78 is 5.28. The van der Waals surface area contributed by atoms with Crippen LogP contribution >= 0.6 is 0 Å². The van der Waals surface area contributed by atoms with Crippen molar-refractivity contribution in [2.75, 3.05) is 19.0 Å². The molecular formula is C13H17N3O3. The fourth-order valence-electron chi connectivity index (χ4n) is 1.82. The van der Waals surface area contributed by atoms with Crippen molar-refractivity contribution in [3.8, 4) is 5.75 Å². The molecule has 2 rings (SSSR count). The summed E-state index contributed by atoms with van der Waals surface area (Å²) in [4.78, 5) is 22.6. The van der Waals surface area contributed by atoms with Gasteiger partial charge in [0.05, 0.1) is 11.7 Å². The van der Waals surface area contributed by atoms with E-state index in [2.05, 4.69) is 16.0 Å². The van der Waals surface area contributed by atoms with E-state index in [1.165, 1.54) is 0 Å². The molecule has 1 heterocycles. The normalized spacial score (nSPS) is 14.9. The van der Waals surface area contributed by atoms with Gasteiger partial charge in [0, 0.05) is 13.6 Å². The monoisotopic (exact) mass is 263 g/mol. The molecular weight excluding hydrogens is 246 g/mol. The van der Waals surface area contributed by atoms with E-state index in [1.807, 2.05) is 18.2 Å². The minimum Gasteiger partial charge on any atom is -0.482 e. The van der Waals surface area contributed by atoms with Gasteiger partial charge in [-0.05, 0) is 24.6 Å². The topological polar surface area (TPSA) is 79.5 Å². The van der Waals surface area contributed by atoms with Gasteiger partial charge in [-0.25, -0.2) is 0 Å². The quantitative estimate of drug-likeness (QED) is 0.727. The van der Waals surface area contributed by atoms with E-state index in [0.29, 0.717) is 18.0 Å². The number of carbonyl (C=O) groups is 2. The van der Waals surface area contributed by atoms with E-state index in [9.17, 15) is 9.59 Å². The van der Waals surface area contributed by atoms with Crippen LogP contribution in [0.3, 0.4) is 0 Å². The van der Waals surface area contributed by atoms with Crippen LogP contribution in [0.5, 0.6) is 5.75 Å². The molecule has 0 radical (unpaired) electrons. The van der Waals surface area contributed by atoms with Gasteiger partial charge in [-0.2, -0.15) is 0 Å². The maximum atomic E-state index is 11.4. The number of hydrogen-bond acceptors (Lipinski definition) is 4. The average molecular weight is 263 g/mol. The first-order valence-electron chi connectivity index (χ1n) is 6.10. The maximum absolute atomic E-state index is 11.4. The van der Waals surface area contributed by atoms with E-state index in [-0.39, 0.29) is 24.5 Å². The number of benzene rings is 1. The van der Waals surface area contributed by atoms with E-state index in [4.69, 9.17) is 4.74 Å². The molecule has 6 nitrogen and oxygen atoms in total. The first kappa shape index (κ1) is 13.4. The highest BCUT2D eigenvalue weighted by Crippen LogP contribution is 2.28. The largest absolute Gasteiger partial charge is 0.482 e. The van der Waals surface area contributed by atoms with Crippen molar-refractivity contribution in [2.24, 2.45) is 0 Å². The van der Waals surface area contributed by atoms with Gasteiger partial charge in [-0.1, -0.05) is 6.07 Å². The number of ether oxygens (including phenoxy) is 1. The molecule has 1 unspecified atom stereocenters. The summed E-state index contributed by atoms with van der Waals surface area (Å²) in [5, 5.41) is 8.43. The Morgan fingerprint density at radius 2 is 2.32 bits per heavy atom. The van der Waals surface area contributed by atoms with E-state index >= 15 is 0 Å². The van der Waals surface area contributed by atoms with Crippen molar-refractivity contribution in [3.63, 3.8) is 0 Å². The molecule has 3 N–H and O–H groups in total. The summed E-state index contributed by atoms with van der Waals surface area (Å²) in [6.45, 7) is 2.39. The highest BCUT2D eigenvalue weighted by molar-refractivity contribution is 5.95. The number of likely N-dealkylation sites (N-methyl/N-ethyl adjacent to an activating group) is 1. The number of anilines is 1. The lowest BCUT2D eigenvalue weighted by Gasteiger charge is -2.19. The summed E-state index contributed by atoms with van der Waals surface area (Å²) in [5.74, 6) is 0.452. The predicted octanol–water partition coefficient (Wildman–Crippen LogP) is 0.242. The van der Waals surface area contributed by atoms with Crippen LogP contribution in [0.2, 0.25) is 0 Å². The molecule has 0 bridgehead atoms. The highest BCUT2D eigenvalue weighted by Gasteiger charge is 2.16. The second kappa shape index (κ2) is 5.71. The molecule has 0 aliphatic carbocycles. The molecule has 2 amide bonds. The number of rotatable bonds is 4. The Hall–Kier alpha value is -2.08. The summed E-state index contributed by atoms with van der Waals surface area (Å²) in [5.41, 5.74) is 1.64. The lowest BCUT2D eigenvalue weighted by Crippen LogP contribution is -2.40. The molecule has 1 aliphatic rings. The first-order chi connectivity index (χ1) is 9.10. The Bertz CT molecular complexity index is 502. The Morgan fingerprint density at radius 3 is 3.05 bits per heavy atom. The fourth-order valence-corrected chi connectivity index (χ4v) is 1.82. The van der Waals surface area contributed by atoms with Crippen LogP contribution in [-0.4, -0.2) is 31.5 Å². The summed E-state index contributed by atoms with van der Waals surface area (Å²) >= 11 is 0.